The van der Waals surface area contributed by atoms with Crippen LogP contribution in [0.4, 0.5) is 0 Å². The van der Waals surface area contributed by atoms with Crippen molar-refractivity contribution >= 4 is 21.9 Å². The molecule has 0 heterocycles. The van der Waals surface area contributed by atoms with E-state index >= 15 is 0 Å². The first-order valence-electron chi connectivity index (χ1n) is 8.47. The molecule has 7 heteroatoms. The molecule has 0 bridgehead atoms. The highest BCUT2D eigenvalue weighted by molar-refractivity contribution is 7.87. The lowest BCUT2D eigenvalue weighted by Crippen LogP contribution is -2.34. The van der Waals surface area contributed by atoms with Crippen molar-refractivity contribution in [3.05, 3.63) is 0 Å². The van der Waals surface area contributed by atoms with Gasteiger partial charge in [0.25, 0.3) is 10.1 Å². The summed E-state index contributed by atoms with van der Waals surface area (Å²) in [7, 11) is -4.64. The summed E-state index contributed by atoms with van der Waals surface area (Å²) >= 11 is 0. The second-order valence-corrected chi connectivity index (χ2v) is 7.38. The molecule has 0 radical (unpaired) electrons. The molecule has 0 spiro atoms. The normalized spacial score (nSPS) is 12.8. The third-order valence-corrected chi connectivity index (χ3v) is 4.67. The number of hydrogen-bond acceptors (Lipinski definition) is 5. The van der Waals surface area contributed by atoms with Crippen LogP contribution in [0, 0.1) is 0 Å². The molecule has 0 aromatic heterocycles. The minimum atomic E-state index is -4.64. The summed E-state index contributed by atoms with van der Waals surface area (Å²) < 4.78 is 36.7. The minimum absolute atomic E-state index is 0.107. The average Bonchev–Trinajstić information content (AvgIpc) is 2.47. The highest BCUT2D eigenvalue weighted by atomic mass is 32.2. The third-order valence-electron chi connectivity index (χ3n) is 3.59. The van der Waals surface area contributed by atoms with Gasteiger partial charge in [0.15, 0.2) is 5.25 Å². The standard InChI is InChI=1S/C16H30O6S/c1-3-5-7-9-11-14(17)13-15(23(19,20)21)16(18)22-12-10-8-6-4-2/h15H,3-13H2,1-2H3,(H,19,20,21)/t15-/m0/s1. The Morgan fingerprint density at radius 1 is 0.957 bits per heavy atom. The average molecular weight is 350 g/mol. The van der Waals surface area contributed by atoms with E-state index in [1.54, 1.807) is 0 Å². The van der Waals surface area contributed by atoms with Crippen LogP contribution >= 0.6 is 0 Å². The number of esters is 1. The van der Waals surface area contributed by atoms with E-state index in [1.165, 1.54) is 0 Å². The molecule has 1 N–H and O–H groups in total. The molecule has 0 saturated heterocycles. The van der Waals surface area contributed by atoms with Gasteiger partial charge >= 0.3 is 5.97 Å². The van der Waals surface area contributed by atoms with Crippen molar-refractivity contribution in [1.29, 1.82) is 0 Å². The third kappa shape index (κ3) is 11.3. The minimum Gasteiger partial charge on any atom is -0.465 e. The van der Waals surface area contributed by atoms with Crippen LogP contribution < -0.4 is 0 Å². The van der Waals surface area contributed by atoms with E-state index in [-0.39, 0.29) is 18.8 Å². The fourth-order valence-electron chi connectivity index (χ4n) is 2.16. The van der Waals surface area contributed by atoms with E-state index in [0.717, 1.165) is 38.5 Å². The van der Waals surface area contributed by atoms with Crippen LogP contribution in [0.3, 0.4) is 0 Å². The molecule has 0 aliphatic carbocycles. The van der Waals surface area contributed by atoms with Crippen molar-refractivity contribution in [2.24, 2.45) is 0 Å². The summed E-state index contributed by atoms with van der Waals surface area (Å²) in [5.41, 5.74) is 0. The zero-order valence-corrected chi connectivity index (χ0v) is 15.1. The first-order valence-corrected chi connectivity index (χ1v) is 9.97. The molecule has 0 aromatic carbocycles. The number of rotatable bonds is 14. The van der Waals surface area contributed by atoms with Crippen molar-refractivity contribution < 1.29 is 27.3 Å². The smallest absolute Gasteiger partial charge is 0.327 e. The summed E-state index contributed by atoms with van der Waals surface area (Å²) in [5, 5.41) is -1.80. The van der Waals surface area contributed by atoms with Gasteiger partial charge in [-0.05, 0) is 12.8 Å². The summed E-state index contributed by atoms with van der Waals surface area (Å²) in [5.74, 6) is -1.38. The van der Waals surface area contributed by atoms with Gasteiger partial charge in [-0.3, -0.25) is 14.1 Å². The van der Waals surface area contributed by atoms with Crippen molar-refractivity contribution in [2.45, 2.75) is 83.3 Å². The van der Waals surface area contributed by atoms with Crippen molar-refractivity contribution in [1.82, 2.24) is 0 Å². The number of carbonyl (C=O) groups excluding carboxylic acids is 2. The quantitative estimate of drug-likeness (QED) is 0.293. The van der Waals surface area contributed by atoms with E-state index in [0.29, 0.717) is 12.8 Å². The molecule has 0 aliphatic rings. The fourth-order valence-corrected chi connectivity index (χ4v) is 2.87. The summed E-state index contributed by atoms with van der Waals surface area (Å²) in [6.07, 6.45) is 6.87. The predicted octanol–water partition coefficient (Wildman–Crippen LogP) is 3.30. The molecule has 0 saturated carbocycles. The molecule has 0 aliphatic heterocycles. The van der Waals surface area contributed by atoms with Gasteiger partial charge < -0.3 is 4.74 Å². The summed E-state index contributed by atoms with van der Waals surface area (Å²) in [6, 6.07) is 0. The Morgan fingerprint density at radius 3 is 2.04 bits per heavy atom. The molecule has 0 amide bonds. The zero-order chi connectivity index (χ0) is 17.7. The number of ketones is 1. The van der Waals surface area contributed by atoms with Crippen molar-refractivity contribution in [3.8, 4) is 0 Å². The van der Waals surface area contributed by atoms with Crippen molar-refractivity contribution in [2.75, 3.05) is 6.61 Å². The molecule has 136 valence electrons. The van der Waals surface area contributed by atoms with Gasteiger partial charge in [-0.1, -0.05) is 52.4 Å². The fraction of sp³-hybridized carbons (Fsp3) is 0.875. The molecular formula is C16H30O6S. The Kier molecular flexibility index (Phi) is 12.0. The molecule has 0 unspecified atom stereocenters. The molecule has 0 rings (SSSR count). The second kappa shape index (κ2) is 12.5. The van der Waals surface area contributed by atoms with Crippen LogP contribution in [-0.4, -0.2) is 36.6 Å². The first-order chi connectivity index (χ1) is 10.8. The van der Waals surface area contributed by atoms with Gasteiger partial charge in [-0.25, -0.2) is 0 Å². The molecule has 0 aromatic rings. The van der Waals surface area contributed by atoms with Crippen LogP contribution in [0.1, 0.15) is 78.1 Å². The van der Waals surface area contributed by atoms with E-state index in [4.69, 9.17) is 9.29 Å². The van der Waals surface area contributed by atoms with E-state index in [1.807, 2.05) is 13.8 Å². The maximum Gasteiger partial charge on any atom is 0.327 e. The number of ether oxygens (including phenoxy) is 1. The topological polar surface area (TPSA) is 97.7 Å². The molecule has 23 heavy (non-hydrogen) atoms. The highest BCUT2D eigenvalue weighted by Crippen LogP contribution is 2.12. The van der Waals surface area contributed by atoms with Gasteiger partial charge in [0.2, 0.25) is 0 Å². The van der Waals surface area contributed by atoms with Crippen LogP contribution in [0.2, 0.25) is 0 Å². The van der Waals surface area contributed by atoms with E-state index in [9.17, 15) is 18.0 Å². The van der Waals surface area contributed by atoms with Gasteiger partial charge in [0.05, 0.1) is 6.61 Å². The molecule has 1 atom stereocenters. The van der Waals surface area contributed by atoms with Gasteiger partial charge in [0, 0.05) is 12.8 Å². The molecule has 6 nitrogen and oxygen atoms in total. The molecule has 0 fully saturated rings. The Bertz CT molecular complexity index is 443. The Hall–Kier alpha value is -0.950. The lowest BCUT2D eigenvalue weighted by molar-refractivity contribution is -0.144. The Balaban J connectivity index is 4.36. The maximum absolute atomic E-state index is 11.8. The summed E-state index contributed by atoms with van der Waals surface area (Å²) in [4.78, 5) is 23.6. The largest absolute Gasteiger partial charge is 0.465 e. The van der Waals surface area contributed by atoms with Crippen LogP contribution in [0.5, 0.6) is 0 Å². The number of Topliss-reactive ketones (excluding diaryl/α,β-unsaturated/α-hetero) is 1. The van der Waals surface area contributed by atoms with Crippen molar-refractivity contribution in [3.63, 3.8) is 0 Å². The van der Waals surface area contributed by atoms with Crippen LogP contribution in [0.25, 0.3) is 0 Å². The SMILES string of the molecule is CCCCCCOC(=O)[C@H](CC(=O)CCCCCC)S(=O)(=O)O. The van der Waals surface area contributed by atoms with Crippen LogP contribution in [-0.2, 0) is 24.4 Å². The number of unbranched alkanes of at least 4 members (excludes halogenated alkanes) is 6. The van der Waals surface area contributed by atoms with Gasteiger partial charge in [-0.15, -0.1) is 0 Å². The van der Waals surface area contributed by atoms with Gasteiger partial charge in [-0.2, -0.15) is 8.42 Å². The Labute approximate surface area is 139 Å². The van der Waals surface area contributed by atoms with E-state index < -0.39 is 27.8 Å². The lowest BCUT2D eigenvalue weighted by atomic mass is 10.1. The highest BCUT2D eigenvalue weighted by Gasteiger charge is 2.34. The molecular weight excluding hydrogens is 320 g/mol. The predicted molar refractivity (Wildman–Crippen MR) is 88.8 cm³/mol. The maximum atomic E-state index is 11.8. The monoisotopic (exact) mass is 350 g/mol. The second-order valence-electron chi connectivity index (χ2n) is 5.79. The van der Waals surface area contributed by atoms with Crippen LogP contribution in [0.15, 0.2) is 0 Å². The lowest BCUT2D eigenvalue weighted by Gasteiger charge is -2.13. The zero-order valence-electron chi connectivity index (χ0n) is 14.3. The number of carbonyl (C=O) groups is 2. The first kappa shape index (κ1) is 22.1. The summed E-state index contributed by atoms with van der Waals surface area (Å²) in [6.45, 7) is 4.20. The Morgan fingerprint density at radius 2 is 1.52 bits per heavy atom. The number of hydrogen-bond donors (Lipinski definition) is 1. The van der Waals surface area contributed by atoms with Gasteiger partial charge in [0.1, 0.15) is 5.78 Å². The van der Waals surface area contributed by atoms with E-state index in [2.05, 4.69) is 0 Å².